The highest BCUT2D eigenvalue weighted by Gasteiger charge is 2.37. The van der Waals surface area contributed by atoms with Gasteiger partial charge in [0.1, 0.15) is 17.5 Å². The van der Waals surface area contributed by atoms with Gasteiger partial charge >= 0.3 is 0 Å². The highest BCUT2D eigenvalue weighted by atomic mass is 35.5. The van der Waals surface area contributed by atoms with Crippen molar-refractivity contribution in [1.29, 1.82) is 0 Å². The second kappa shape index (κ2) is 11.4. The van der Waals surface area contributed by atoms with Crippen LogP contribution in [0.2, 0.25) is 5.02 Å². The van der Waals surface area contributed by atoms with Crippen LogP contribution in [0.4, 0.5) is 0 Å². The summed E-state index contributed by atoms with van der Waals surface area (Å²) in [7, 11) is -1.36. The second-order valence-corrected chi connectivity index (χ2v) is 8.97. The molecule has 0 aliphatic carbocycles. The van der Waals surface area contributed by atoms with Crippen molar-refractivity contribution >= 4 is 27.5 Å². The number of benzene rings is 2. The van der Waals surface area contributed by atoms with Crippen LogP contribution in [-0.2, 0) is 24.3 Å². The third-order valence-electron chi connectivity index (χ3n) is 4.43. The molecule has 2 rings (SSSR count). The number of nitrogens with zero attached hydrogens (tertiary/aromatic N) is 1. The van der Waals surface area contributed by atoms with Crippen LogP contribution in [0.3, 0.4) is 0 Å². The van der Waals surface area contributed by atoms with Crippen molar-refractivity contribution in [2.24, 2.45) is 0 Å². The second-order valence-electron chi connectivity index (χ2n) is 6.54. The first-order chi connectivity index (χ1) is 14.7. The fourth-order valence-electron chi connectivity index (χ4n) is 2.78. The highest BCUT2D eigenvalue weighted by Crippen LogP contribution is 2.26. The Balaban J connectivity index is 2.20. The maximum atomic E-state index is 13.1. The Kier molecular flexibility index (Phi) is 9.23. The first kappa shape index (κ1) is 25.1. The number of hydrogen-bond donors (Lipinski definition) is 2. The molecule has 11 heteroatoms. The molecule has 0 bridgehead atoms. The minimum atomic E-state index is -4.09. The Bertz CT molecular complexity index is 952. The lowest BCUT2D eigenvalue weighted by atomic mass is 10.2. The molecular weight excluding hydrogens is 448 g/mol. The number of halogens is 1. The number of amides is 1. The summed E-state index contributed by atoms with van der Waals surface area (Å²) in [6.45, 7) is 1.95. The average Bonchev–Trinajstić information content (AvgIpc) is 2.75. The van der Waals surface area contributed by atoms with Crippen LogP contribution in [0.5, 0.6) is 11.5 Å². The molecule has 9 nitrogen and oxygen atoms in total. The number of nitrogens with one attached hydrogen (secondary N) is 1. The zero-order chi connectivity index (χ0) is 23.0. The van der Waals surface area contributed by atoms with Crippen molar-refractivity contribution < 1.29 is 32.6 Å². The first-order valence-electron chi connectivity index (χ1n) is 9.26. The molecule has 2 N–H and O–H groups in total. The number of carbonyl (C=O) groups is 1. The molecule has 1 amide bonds. The van der Waals surface area contributed by atoms with Gasteiger partial charge < -0.3 is 14.2 Å². The number of likely N-dealkylation sites (N-methyl/N-ethyl adjacent to an activating group) is 1. The lowest BCUT2D eigenvalue weighted by Gasteiger charge is -2.30. The Labute approximate surface area is 186 Å². The fraction of sp³-hybridized carbons (Fsp3) is 0.350. The van der Waals surface area contributed by atoms with E-state index in [1.54, 1.807) is 24.3 Å². The predicted molar refractivity (Wildman–Crippen MR) is 114 cm³/mol. The molecule has 0 fully saturated rings. The van der Waals surface area contributed by atoms with E-state index in [1.807, 2.05) is 0 Å². The van der Waals surface area contributed by atoms with E-state index in [-0.39, 0.29) is 18.1 Å². The summed E-state index contributed by atoms with van der Waals surface area (Å²) < 4.78 is 43.0. The van der Waals surface area contributed by atoms with E-state index in [0.29, 0.717) is 16.5 Å². The van der Waals surface area contributed by atoms with Gasteiger partial charge in [-0.15, -0.1) is 0 Å². The summed E-state index contributed by atoms with van der Waals surface area (Å²) >= 11 is 5.84. The summed E-state index contributed by atoms with van der Waals surface area (Å²) in [5.41, 5.74) is 1.50. The fourth-order valence-corrected chi connectivity index (χ4v) is 4.29. The van der Waals surface area contributed by atoms with Gasteiger partial charge in [-0.1, -0.05) is 11.6 Å². The molecule has 0 saturated carbocycles. The zero-order valence-electron chi connectivity index (χ0n) is 17.3. The monoisotopic (exact) mass is 472 g/mol. The van der Waals surface area contributed by atoms with Crippen LogP contribution in [0.15, 0.2) is 53.4 Å². The van der Waals surface area contributed by atoms with E-state index < -0.39 is 28.1 Å². The average molecular weight is 473 g/mol. The van der Waals surface area contributed by atoms with E-state index in [4.69, 9.17) is 31.0 Å². The minimum Gasteiger partial charge on any atom is -0.457 e. The molecule has 0 heterocycles. The van der Waals surface area contributed by atoms with E-state index in [2.05, 4.69) is 0 Å². The summed E-state index contributed by atoms with van der Waals surface area (Å²) in [5, 5.41) is 9.65. The Morgan fingerprint density at radius 3 is 2.16 bits per heavy atom. The third kappa shape index (κ3) is 6.63. The zero-order valence-corrected chi connectivity index (χ0v) is 18.9. The lowest BCUT2D eigenvalue weighted by molar-refractivity contribution is -0.138. The molecule has 170 valence electrons. The van der Waals surface area contributed by atoms with E-state index in [9.17, 15) is 13.2 Å². The maximum absolute atomic E-state index is 13.1. The quantitative estimate of drug-likeness (QED) is 0.293. The van der Waals surface area contributed by atoms with Gasteiger partial charge in [-0.05, 0) is 55.5 Å². The number of carbonyl (C=O) groups excluding carboxylic acids is 1. The molecule has 0 aromatic heterocycles. The molecule has 0 saturated heterocycles. The van der Waals surface area contributed by atoms with Gasteiger partial charge in [0.2, 0.25) is 10.0 Å². The van der Waals surface area contributed by atoms with Gasteiger partial charge in [-0.2, -0.15) is 4.31 Å². The van der Waals surface area contributed by atoms with Crippen molar-refractivity contribution in [1.82, 2.24) is 9.79 Å². The Morgan fingerprint density at radius 1 is 1.10 bits per heavy atom. The largest absolute Gasteiger partial charge is 0.457 e. The molecule has 0 spiro atoms. The van der Waals surface area contributed by atoms with Crippen LogP contribution >= 0.6 is 11.6 Å². The van der Waals surface area contributed by atoms with Gasteiger partial charge in [0, 0.05) is 19.2 Å². The molecule has 0 aliphatic rings. The number of rotatable bonds is 11. The Morgan fingerprint density at radius 2 is 1.65 bits per heavy atom. The number of hydroxylamine groups is 1. The first-order valence-corrected chi connectivity index (χ1v) is 11.1. The van der Waals surface area contributed by atoms with Crippen LogP contribution in [0.1, 0.15) is 6.92 Å². The van der Waals surface area contributed by atoms with Crippen molar-refractivity contribution in [3.05, 3.63) is 53.6 Å². The van der Waals surface area contributed by atoms with Crippen LogP contribution < -0.4 is 10.2 Å². The van der Waals surface area contributed by atoms with Crippen LogP contribution in [-0.4, -0.2) is 63.4 Å². The van der Waals surface area contributed by atoms with Crippen molar-refractivity contribution in [3.63, 3.8) is 0 Å². The normalized spacial score (nSPS) is 13.6. The topological polar surface area (TPSA) is 114 Å². The van der Waals surface area contributed by atoms with Crippen LogP contribution in [0.25, 0.3) is 0 Å². The number of hydrogen-bond acceptors (Lipinski definition) is 7. The minimum absolute atomic E-state index is 0.0571. The van der Waals surface area contributed by atoms with Gasteiger partial charge in [0.15, 0.2) is 0 Å². The third-order valence-corrected chi connectivity index (χ3v) is 6.54. The molecular formula is C20H25ClN2O7S. The van der Waals surface area contributed by atoms with Crippen molar-refractivity contribution in [2.45, 2.75) is 24.0 Å². The van der Waals surface area contributed by atoms with Gasteiger partial charge in [0.05, 0.1) is 24.2 Å². The molecule has 0 radical (unpaired) electrons. The molecule has 2 aromatic rings. The number of sulfonamides is 1. The summed E-state index contributed by atoms with van der Waals surface area (Å²) in [6, 6.07) is 11.1. The molecule has 1 unspecified atom stereocenters. The van der Waals surface area contributed by atoms with Crippen molar-refractivity contribution in [2.75, 3.05) is 27.4 Å². The van der Waals surface area contributed by atoms with Gasteiger partial charge in [-0.25, -0.2) is 13.9 Å². The van der Waals surface area contributed by atoms with E-state index >= 15 is 0 Å². The Hall–Kier alpha value is -2.21. The summed E-state index contributed by atoms with van der Waals surface area (Å²) in [4.78, 5) is 12.1. The van der Waals surface area contributed by atoms with E-state index in [0.717, 1.165) is 4.31 Å². The smallest absolute Gasteiger partial charge is 0.264 e. The molecule has 0 aliphatic heterocycles. The molecule has 2 aromatic carbocycles. The number of methoxy groups -OCH3 is 1. The molecule has 31 heavy (non-hydrogen) atoms. The standard InChI is InChI=1S/C20H25ClN2O7S/c1-14(29-13-12-28-3)19(20(24)22-25)23(2)31(26,27)18-10-8-17(9-11-18)30-16-6-4-15(21)5-7-16/h4-11,14,19,25H,12-13H2,1-3H3,(H,22,24)/t14-,19?/m1/s1. The summed E-state index contributed by atoms with van der Waals surface area (Å²) in [5.74, 6) is 0.0439. The van der Waals surface area contributed by atoms with Gasteiger partial charge in [-0.3, -0.25) is 10.0 Å². The highest BCUT2D eigenvalue weighted by molar-refractivity contribution is 7.89. The van der Waals surface area contributed by atoms with E-state index in [1.165, 1.54) is 50.8 Å². The van der Waals surface area contributed by atoms with Crippen LogP contribution in [0, 0.1) is 0 Å². The molecule has 2 atom stereocenters. The maximum Gasteiger partial charge on any atom is 0.264 e. The van der Waals surface area contributed by atoms with Crippen molar-refractivity contribution in [3.8, 4) is 11.5 Å². The SMILES string of the molecule is COCCO[C@H](C)C(C(=O)NO)N(C)S(=O)(=O)c1ccc(Oc2ccc(Cl)cc2)cc1. The summed E-state index contributed by atoms with van der Waals surface area (Å²) in [6.07, 6.45) is -0.852. The van der Waals surface area contributed by atoms with Gasteiger partial charge in [0.25, 0.3) is 5.91 Å². The number of ether oxygens (including phenoxy) is 3. The lowest BCUT2D eigenvalue weighted by Crippen LogP contribution is -2.53. The predicted octanol–water partition coefficient (Wildman–Crippen LogP) is 2.68.